The average molecular weight is 254 g/mol. The van der Waals surface area contributed by atoms with Crippen molar-refractivity contribution in [1.82, 2.24) is 0 Å². The molecule has 1 nitrogen and oxygen atoms in total. The zero-order valence-electron chi connectivity index (χ0n) is 12.5. The molecule has 0 saturated carbocycles. The van der Waals surface area contributed by atoms with Crippen molar-refractivity contribution in [3.63, 3.8) is 0 Å². The Hall–Kier alpha value is -1.76. The molecule has 0 unspecified atom stereocenters. The van der Waals surface area contributed by atoms with Crippen molar-refractivity contribution >= 4 is 0 Å². The van der Waals surface area contributed by atoms with Crippen LogP contribution in [0.2, 0.25) is 0 Å². The van der Waals surface area contributed by atoms with Crippen LogP contribution < -0.4 is 0 Å². The highest BCUT2D eigenvalue weighted by Gasteiger charge is 2.09. The molecule has 100 valence electrons. The average Bonchev–Trinajstić information content (AvgIpc) is 2.39. The van der Waals surface area contributed by atoms with Crippen LogP contribution in [0.5, 0.6) is 5.75 Å². The second-order valence-corrected chi connectivity index (χ2v) is 5.46. The van der Waals surface area contributed by atoms with Crippen LogP contribution >= 0.6 is 0 Å². The number of hydrogen-bond donors (Lipinski definition) is 1. The summed E-state index contributed by atoms with van der Waals surface area (Å²) in [7, 11) is 0. The molecule has 0 aromatic heterocycles. The van der Waals surface area contributed by atoms with Crippen LogP contribution in [0.3, 0.4) is 0 Å². The van der Waals surface area contributed by atoms with Gasteiger partial charge in [-0.3, -0.25) is 0 Å². The number of phenols is 1. The lowest BCUT2D eigenvalue weighted by Gasteiger charge is -2.14. The summed E-state index contributed by atoms with van der Waals surface area (Å²) in [4.78, 5) is 0. The van der Waals surface area contributed by atoms with Gasteiger partial charge in [-0.05, 0) is 86.1 Å². The van der Waals surface area contributed by atoms with Crippen LogP contribution in [0, 0.1) is 34.6 Å². The minimum Gasteiger partial charge on any atom is -0.508 e. The van der Waals surface area contributed by atoms with Crippen molar-refractivity contribution in [2.75, 3.05) is 0 Å². The normalized spacial score (nSPS) is 10.8. The van der Waals surface area contributed by atoms with Crippen molar-refractivity contribution in [3.8, 4) is 5.75 Å². The van der Waals surface area contributed by atoms with Crippen LogP contribution in [0.25, 0.3) is 0 Å². The quantitative estimate of drug-likeness (QED) is 0.835. The number of hydrogen-bond acceptors (Lipinski definition) is 1. The van der Waals surface area contributed by atoms with Gasteiger partial charge in [-0.25, -0.2) is 0 Å². The second kappa shape index (κ2) is 5.08. The minimum absolute atomic E-state index is 0.387. The summed E-state index contributed by atoms with van der Waals surface area (Å²) < 4.78 is 0. The first-order valence-corrected chi connectivity index (χ1v) is 6.75. The first-order chi connectivity index (χ1) is 8.91. The first kappa shape index (κ1) is 13.7. The molecule has 0 bridgehead atoms. The van der Waals surface area contributed by atoms with Gasteiger partial charge in [0.25, 0.3) is 0 Å². The highest BCUT2D eigenvalue weighted by molar-refractivity contribution is 5.47. The third-order valence-electron chi connectivity index (χ3n) is 4.42. The molecule has 1 N–H and O–H groups in total. The van der Waals surface area contributed by atoms with Gasteiger partial charge in [-0.2, -0.15) is 0 Å². The van der Waals surface area contributed by atoms with Gasteiger partial charge < -0.3 is 5.11 Å². The van der Waals surface area contributed by atoms with Gasteiger partial charge >= 0.3 is 0 Å². The maximum atomic E-state index is 9.73. The van der Waals surface area contributed by atoms with Gasteiger partial charge in [0.05, 0.1) is 0 Å². The predicted octanol–water partition coefficient (Wildman–Crippen LogP) is 4.53. The molecule has 0 saturated heterocycles. The van der Waals surface area contributed by atoms with Gasteiger partial charge in [0, 0.05) is 0 Å². The summed E-state index contributed by atoms with van der Waals surface area (Å²) in [6.45, 7) is 10.6. The van der Waals surface area contributed by atoms with Crippen LogP contribution in [0.4, 0.5) is 0 Å². The van der Waals surface area contributed by atoms with Gasteiger partial charge in [-0.1, -0.05) is 18.2 Å². The van der Waals surface area contributed by atoms with Crippen LogP contribution in [-0.2, 0) is 6.42 Å². The molecule has 0 atom stereocenters. The maximum absolute atomic E-state index is 9.73. The molecule has 0 radical (unpaired) electrons. The fraction of sp³-hybridized carbons (Fsp3) is 0.333. The molecular weight excluding hydrogens is 232 g/mol. The van der Waals surface area contributed by atoms with E-state index < -0.39 is 0 Å². The Morgan fingerprint density at radius 3 is 1.84 bits per heavy atom. The molecular formula is C18H22O. The predicted molar refractivity (Wildman–Crippen MR) is 81.0 cm³/mol. The van der Waals surface area contributed by atoms with Crippen LogP contribution in [0.1, 0.15) is 38.9 Å². The smallest absolute Gasteiger partial charge is 0.118 e. The molecule has 2 aromatic carbocycles. The summed E-state index contributed by atoms with van der Waals surface area (Å²) in [6, 6.07) is 8.25. The van der Waals surface area contributed by atoms with E-state index in [1.54, 1.807) is 6.07 Å². The molecule has 0 aliphatic carbocycles. The zero-order valence-corrected chi connectivity index (χ0v) is 12.5. The zero-order chi connectivity index (χ0) is 14.2. The lowest BCUT2D eigenvalue weighted by Crippen LogP contribution is -1.99. The lowest BCUT2D eigenvalue weighted by atomic mass is 9.91. The molecule has 0 aliphatic heterocycles. The van der Waals surface area contributed by atoms with Gasteiger partial charge in [0.1, 0.15) is 5.75 Å². The first-order valence-electron chi connectivity index (χ1n) is 6.75. The molecule has 0 heterocycles. The lowest BCUT2D eigenvalue weighted by molar-refractivity contribution is 0.470. The number of phenolic OH excluding ortho intramolecular Hbond substituents is 1. The van der Waals surface area contributed by atoms with Crippen LogP contribution in [0.15, 0.2) is 24.3 Å². The fourth-order valence-electron chi connectivity index (χ4n) is 2.46. The third-order valence-corrected chi connectivity index (χ3v) is 4.42. The Bertz CT molecular complexity index is 569. The van der Waals surface area contributed by atoms with Crippen molar-refractivity contribution in [3.05, 3.63) is 63.2 Å². The molecule has 1 heteroatoms. The minimum atomic E-state index is 0.387. The van der Waals surface area contributed by atoms with Gasteiger partial charge in [-0.15, -0.1) is 0 Å². The Balaban J connectivity index is 2.43. The Labute approximate surface area is 115 Å². The Morgan fingerprint density at radius 1 is 0.684 bits per heavy atom. The van der Waals surface area contributed by atoms with E-state index in [0.717, 1.165) is 12.0 Å². The molecule has 0 spiro atoms. The second-order valence-electron chi connectivity index (χ2n) is 5.46. The highest BCUT2D eigenvalue weighted by atomic mass is 16.3. The Morgan fingerprint density at radius 2 is 1.21 bits per heavy atom. The number of aryl methyl sites for hydroxylation is 1. The van der Waals surface area contributed by atoms with E-state index in [4.69, 9.17) is 0 Å². The van der Waals surface area contributed by atoms with Crippen LogP contribution in [-0.4, -0.2) is 5.11 Å². The highest BCUT2D eigenvalue weighted by Crippen LogP contribution is 2.26. The van der Waals surface area contributed by atoms with E-state index in [-0.39, 0.29) is 0 Å². The summed E-state index contributed by atoms with van der Waals surface area (Å²) in [5.74, 6) is 0.387. The molecule has 2 rings (SSSR count). The molecule has 0 amide bonds. The van der Waals surface area contributed by atoms with E-state index in [1.165, 1.54) is 33.4 Å². The van der Waals surface area contributed by atoms with E-state index >= 15 is 0 Å². The summed E-state index contributed by atoms with van der Waals surface area (Å²) in [5.41, 5.74) is 8.95. The van der Waals surface area contributed by atoms with E-state index in [1.807, 2.05) is 13.0 Å². The number of aromatic hydroxyl groups is 1. The van der Waals surface area contributed by atoms with Crippen molar-refractivity contribution in [2.45, 2.75) is 41.0 Å². The Kier molecular flexibility index (Phi) is 3.66. The monoisotopic (exact) mass is 254 g/mol. The number of benzene rings is 2. The molecule has 2 aromatic rings. The summed E-state index contributed by atoms with van der Waals surface area (Å²) in [5, 5.41) is 9.73. The van der Waals surface area contributed by atoms with Crippen molar-refractivity contribution < 1.29 is 5.11 Å². The van der Waals surface area contributed by atoms with Crippen molar-refractivity contribution in [1.29, 1.82) is 0 Å². The van der Waals surface area contributed by atoms with E-state index in [2.05, 4.69) is 39.8 Å². The topological polar surface area (TPSA) is 20.2 Å². The largest absolute Gasteiger partial charge is 0.508 e. The summed E-state index contributed by atoms with van der Waals surface area (Å²) in [6.07, 6.45) is 0.930. The van der Waals surface area contributed by atoms with E-state index in [9.17, 15) is 5.11 Å². The maximum Gasteiger partial charge on any atom is 0.118 e. The molecule has 0 fully saturated rings. The van der Waals surface area contributed by atoms with Gasteiger partial charge in [0.2, 0.25) is 0 Å². The molecule has 19 heavy (non-hydrogen) atoms. The van der Waals surface area contributed by atoms with Crippen molar-refractivity contribution in [2.24, 2.45) is 0 Å². The van der Waals surface area contributed by atoms with Gasteiger partial charge in [0.15, 0.2) is 0 Å². The number of rotatable bonds is 2. The summed E-state index contributed by atoms with van der Waals surface area (Å²) >= 11 is 0. The fourth-order valence-corrected chi connectivity index (χ4v) is 2.46. The standard InChI is InChI=1S/C18H22O/c1-11-6-7-16(13(3)12(11)2)10-17-8-9-18(19)15(5)14(17)4/h6-9,19H,10H2,1-5H3. The van der Waals surface area contributed by atoms with E-state index in [0.29, 0.717) is 5.75 Å². The molecule has 0 aliphatic rings. The SMILES string of the molecule is Cc1ccc(Cc2ccc(O)c(C)c2C)c(C)c1C. The third kappa shape index (κ3) is 2.51.